The second-order valence-corrected chi connectivity index (χ2v) is 4.20. The number of rotatable bonds is 1. The number of hydrogen-bond acceptors (Lipinski definition) is 2. The molecule has 0 aliphatic heterocycles. The first kappa shape index (κ1) is 10.4. The van der Waals surface area contributed by atoms with Gasteiger partial charge in [0.05, 0.1) is 5.56 Å². The predicted molar refractivity (Wildman–Crippen MR) is 57.6 cm³/mol. The number of hydrogen-bond donors (Lipinski definition) is 1. The zero-order valence-corrected chi connectivity index (χ0v) is 9.26. The molecule has 3 nitrogen and oxygen atoms in total. The molecule has 1 aliphatic carbocycles. The molecule has 1 N–H and O–H groups in total. The van der Waals surface area contributed by atoms with Gasteiger partial charge in [-0.2, -0.15) is 0 Å². The van der Waals surface area contributed by atoms with E-state index in [0.717, 1.165) is 42.5 Å². The lowest BCUT2D eigenvalue weighted by atomic mass is 9.91. The predicted octanol–water partition coefficient (Wildman–Crippen LogP) is 2.62. The maximum atomic E-state index is 11.0. The van der Waals surface area contributed by atoms with E-state index in [9.17, 15) is 4.79 Å². The van der Waals surface area contributed by atoms with Crippen molar-refractivity contribution in [3.63, 3.8) is 0 Å². The van der Waals surface area contributed by atoms with Gasteiger partial charge in [0.15, 0.2) is 0 Å². The number of halogens is 1. The minimum absolute atomic E-state index is 0.126. The van der Waals surface area contributed by atoms with Gasteiger partial charge in [0.1, 0.15) is 5.15 Å². The molecule has 1 aliphatic rings. The van der Waals surface area contributed by atoms with Crippen LogP contribution in [0, 0.1) is 6.92 Å². The lowest BCUT2D eigenvalue weighted by molar-refractivity contribution is 0.0695. The minimum atomic E-state index is -0.988. The van der Waals surface area contributed by atoms with Gasteiger partial charge in [0.25, 0.3) is 0 Å². The van der Waals surface area contributed by atoms with Crippen LogP contribution in [0.15, 0.2) is 0 Å². The van der Waals surface area contributed by atoms with Crippen LogP contribution >= 0.6 is 11.6 Å². The molecule has 2 rings (SSSR count). The molecule has 0 unspecified atom stereocenters. The topological polar surface area (TPSA) is 50.2 Å². The van der Waals surface area contributed by atoms with E-state index in [1.165, 1.54) is 0 Å². The first-order chi connectivity index (χ1) is 7.11. The van der Waals surface area contributed by atoms with Gasteiger partial charge in [-0.25, -0.2) is 9.78 Å². The van der Waals surface area contributed by atoms with Crippen LogP contribution in [0.2, 0.25) is 5.15 Å². The Morgan fingerprint density at radius 2 is 2.07 bits per heavy atom. The van der Waals surface area contributed by atoms with E-state index in [0.29, 0.717) is 0 Å². The maximum absolute atomic E-state index is 11.0. The Morgan fingerprint density at radius 3 is 2.73 bits per heavy atom. The number of fused-ring (bicyclic) bond motifs is 1. The molecule has 4 heteroatoms. The Labute approximate surface area is 93.1 Å². The monoisotopic (exact) mass is 225 g/mol. The quantitative estimate of drug-likeness (QED) is 0.748. The summed E-state index contributed by atoms with van der Waals surface area (Å²) in [5, 5.41) is 9.15. The zero-order valence-electron chi connectivity index (χ0n) is 8.51. The number of nitrogens with zero attached hydrogens (tertiary/aromatic N) is 1. The summed E-state index contributed by atoms with van der Waals surface area (Å²) in [7, 11) is 0. The van der Waals surface area contributed by atoms with E-state index in [-0.39, 0.29) is 10.7 Å². The zero-order chi connectivity index (χ0) is 11.0. The van der Waals surface area contributed by atoms with Crippen molar-refractivity contribution >= 4 is 17.6 Å². The van der Waals surface area contributed by atoms with Crippen molar-refractivity contribution in [1.82, 2.24) is 4.98 Å². The third-order valence-electron chi connectivity index (χ3n) is 2.92. The van der Waals surface area contributed by atoms with E-state index in [2.05, 4.69) is 4.98 Å². The average Bonchev–Trinajstić information content (AvgIpc) is 2.17. The average molecular weight is 226 g/mol. The molecule has 1 heterocycles. The largest absolute Gasteiger partial charge is 0.478 e. The fourth-order valence-electron chi connectivity index (χ4n) is 2.15. The van der Waals surface area contributed by atoms with Crippen molar-refractivity contribution in [3.8, 4) is 0 Å². The second kappa shape index (κ2) is 3.81. The highest BCUT2D eigenvalue weighted by Crippen LogP contribution is 2.28. The van der Waals surface area contributed by atoms with E-state index < -0.39 is 5.97 Å². The first-order valence-corrected chi connectivity index (χ1v) is 5.40. The molecule has 0 atom stereocenters. The lowest BCUT2D eigenvalue weighted by Gasteiger charge is -2.18. The smallest absolute Gasteiger partial charge is 0.339 e. The number of pyridine rings is 1. The highest BCUT2D eigenvalue weighted by atomic mass is 35.5. The molecule has 80 valence electrons. The second-order valence-electron chi connectivity index (χ2n) is 3.84. The standard InChI is InChI=1S/C11H12ClNO2/c1-6-7-4-2-3-5-8(7)13-10(12)9(6)11(14)15/h2-5H2,1H3,(H,14,15). The van der Waals surface area contributed by atoms with Crippen molar-refractivity contribution in [2.75, 3.05) is 0 Å². The summed E-state index contributed by atoms with van der Waals surface area (Å²) in [4.78, 5) is 15.2. The Balaban J connectivity index is 2.64. The number of carboxylic acid groups (broad SMARTS) is 1. The van der Waals surface area contributed by atoms with Gasteiger partial charge in [-0.1, -0.05) is 11.6 Å². The molecule has 1 aromatic rings. The minimum Gasteiger partial charge on any atom is -0.478 e. The fraction of sp³-hybridized carbons (Fsp3) is 0.455. The van der Waals surface area contributed by atoms with Crippen molar-refractivity contribution in [2.45, 2.75) is 32.6 Å². The molecule has 0 saturated heterocycles. The van der Waals surface area contributed by atoms with Crippen LogP contribution < -0.4 is 0 Å². The number of aromatic nitrogens is 1. The van der Waals surface area contributed by atoms with Gasteiger partial charge >= 0.3 is 5.97 Å². The SMILES string of the molecule is Cc1c2c(nc(Cl)c1C(=O)O)CCCC2. The summed E-state index contributed by atoms with van der Waals surface area (Å²) in [5.41, 5.74) is 3.02. The number of carboxylic acids is 1. The Bertz CT molecular complexity index is 429. The summed E-state index contributed by atoms with van der Waals surface area (Å²) in [6, 6.07) is 0. The van der Waals surface area contributed by atoms with Gasteiger partial charge in [-0.05, 0) is 43.7 Å². The molecular formula is C11H12ClNO2. The molecule has 15 heavy (non-hydrogen) atoms. The molecule has 0 amide bonds. The molecular weight excluding hydrogens is 214 g/mol. The highest BCUT2D eigenvalue weighted by Gasteiger charge is 2.21. The number of carbonyl (C=O) groups is 1. The van der Waals surface area contributed by atoms with E-state index in [1.807, 2.05) is 6.92 Å². The summed E-state index contributed by atoms with van der Waals surface area (Å²) < 4.78 is 0. The summed E-state index contributed by atoms with van der Waals surface area (Å²) >= 11 is 5.87. The number of aromatic carboxylic acids is 1. The first-order valence-electron chi connectivity index (χ1n) is 5.02. The Hall–Kier alpha value is -1.09. The van der Waals surface area contributed by atoms with Gasteiger partial charge in [0, 0.05) is 5.69 Å². The third-order valence-corrected chi connectivity index (χ3v) is 3.19. The third kappa shape index (κ3) is 1.72. The number of aryl methyl sites for hydroxylation is 1. The van der Waals surface area contributed by atoms with Gasteiger partial charge in [-0.15, -0.1) is 0 Å². The molecule has 0 radical (unpaired) electrons. The Kier molecular flexibility index (Phi) is 2.65. The van der Waals surface area contributed by atoms with Crippen molar-refractivity contribution in [3.05, 3.63) is 27.5 Å². The van der Waals surface area contributed by atoms with Crippen LogP contribution in [0.1, 0.15) is 40.0 Å². The van der Waals surface area contributed by atoms with E-state index in [1.54, 1.807) is 0 Å². The van der Waals surface area contributed by atoms with Crippen LogP contribution in [0.25, 0.3) is 0 Å². The van der Waals surface area contributed by atoms with Crippen LogP contribution in [0.4, 0.5) is 0 Å². The van der Waals surface area contributed by atoms with Gasteiger partial charge < -0.3 is 5.11 Å². The van der Waals surface area contributed by atoms with Gasteiger partial charge in [-0.3, -0.25) is 0 Å². The molecule has 0 fully saturated rings. The van der Waals surface area contributed by atoms with E-state index in [4.69, 9.17) is 16.7 Å². The normalized spacial score (nSPS) is 14.8. The van der Waals surface area contributed by atoms with Crippen molar-refractivity contribution in [1.29, 1.82) is 0 Å². The molecule has 0 bridgehead atoms. The molecule has 0 spiro atoms. The van der Waals surface area contributed by atoms with Crippen LogP contribution in [-0.4, -0.2) is 16.1 Å². The van der Waals surface area contributed by atoms with Crippen LogP contribution in [0.5, 0.6) is 0 Å². The summed E-state index contributed by atoms with van der Waals surface area (Å²) in [6.45, 7) is 1.82. The summed E-state index contributed by atoms with van der Waals surface area (Å²) in [6.07, 6.45) is 4.06. The lowest BCUT2D eigenvalue weighted by Crippen LogP contribution is -2.13. The molecule has 0 saturated carbocycles. The van der Waals surface area contributed by atoms with Gasteiger partial charge in [0.2, 0.25) is 0 Å². The fourth-order valence-corrected chi connectivity index (χ4v) is 2.47. The van der Waals surface area contributed by atoms with Crippen molar-refractivity contribution < 1.29 is 9.90 Å². The highest BCUT2D eigenvalue weighted by molar-refractivity contribution is 6.32. The van der Waals surface area contributed by atoms with Crippen LogP contribution in [0.3, 0.4) is 0 Å². The molecule has 1 aromatic heterocycles. The Morgan fingerprint density at radius 1 is 1.40 bits per heavy atom. The van der Waals surface area contributed by atoms with E-state index >= 15 is 0 Å². The maximum Gasteiger partial charge on any atom is 0.339 e. The summed E-state index contributed by atoms with van der Waals surface area (Å²) in [5.74, 6) is -0.988. The van der Waals surface area contributed by atoms with Crippen LogP contribution in [-0.2, 0) is 12.8 Å². The van der Waals surface area contributed by atoms with Crippen molar-refractivity contribution in [2.24, 2.45) is 0 Å². The molecule has 0 aromatic carbocycles.